The van der Waals surface area contributed by atoms with E-state index in [9.17, 15) is 19.4 Å². The maximum atomic E-state index is 13.4. The van der Waals surface area contributed by atoms with Crippen LogP contribution < -0.4 is 5.32 Å². The summed E-state index contributed by atoms with van der Waals surface area (Å²) in [5.74, 6) is -0.691. The van der Waals surface area contributed by atoms with E-state index in [0.29, 0.717) is 0 Å². The predicted octanol–water partition coefficient (Wildman–Crippen LogP) is 1.53. The smallest absolute Gasteiger partial charge is 0.407 e. The molecule has 3 N–H and O–H groups in total. The van der Waals surface area contributed by atoms with Crippen molar-refractivity contribution in [1.82, 2.24) is 10.3 Å². The molecule has 0 saturated carbocycles. The number of hydrogen-bond donors (Lipinski definition) is 3. The van der Waals surface area contributed by atoms with Crippen LogP contribution in [0.1, 0.15) is 38.9 Å². The summed E-state index contributed by atoms with van der Waals surface area (Å²) in [5.41, 5.74) is -0.641. The third kappa shape index (κ3) is 6.05. The van der Waals surface area contributed by atoms with Crippen molar-refractivity contribution in [1.29, 1.82) is 0 Å². The van der Waals surface area contributed by atoms with Gasteiger partial charge in [0, 0.05) is 18.3 Å². The lowest BCUT2D eigenvalue weighted by atomic mass is 10.0. The van der Waals surface area contributed by atoms with Crippen molar-refractivity contribution in [2.24, 2.45) is 0 Å². The van der Waals surface area contributed by atoms with Gasteiger partial charge < -0.3 is 20.3 Å². The zero-order valence-electron chi connectivity index (χ0n) is 12.3. The number of carbonyl (C=O) groups excluding carboxylic acids is 1. The van der Waals surface area contributed by atoms with E-state index in [2.05, 4.69) is 10.3 Å². The SMILES string of the molecule is CC(C)(C)OC(=O)NCCC(O)C(O)c1ccncc1F. The quantitative estimate of drug-likeness (QED) is 0.767. The summed E-state index contributed by atoms with van der Waals surface area (Å²) < 4.78 is 18.4. The molecule has 1 rings (SSSR count). The summed E-state index contributed by atoms with van der Waals surface area (Å²) in [4.78, 5) is 15.0. The van der Waals surface area contributed by atoms with E-state index in [0.717, 1.165) is 6.20 Å². The molecule has 1 heterocycles. The molecule has 7 heteroatoms. The minimum Gasteiger partial charge on any atom is -0.444 e. The Kier molecular flexibility index (Phi) is 6.04. The van der Waals surface area contributed by atoms with Crippen LogP contribution in [0.3, 0.4) is 0 Å². The molecule has 0 aliphatic heterocycles. The molecule has 0 spiro atoms. The van der Waals surface area contributed by atoms with Gasteiger partial charge in [0.1, 0.15) is 17.5 Å². The van der Waals surface area contributed by atoms with Crippen molar-refractivity contribution in [3.8, 4) is 0 Å². The van der Waals surface area contributed by atoms with Crippen LogP contribution >= 0.6 is 0 Å². The summed E-state index contributed by atoms with van der Waals surface area (Å²) in [5, 5.41) is 22.1. The summed E-state index contributed by atoms with van der Waals surface area (Å²) in [7, 11) is 0. The number of nitrogens with zero attached hydrogens (tertiary/aromatic N) is 1. The van der Waals surface area contributed by atoms with Crippen molar-refractivity contribution in [3.05, 3.63) is 29.8 Å². The Morgan fingerprint density at radius 2 is 2.14 bits per heavy atom. The Bertz CT molecular complexity index is 476. The molecule has 0 aromatic carbocycles. The zero-order chi connectivity index (χ0) is 16.0. The largest absolute Gasteiger partial charge is 0.444 e. The van der Waals surface area contributed by atoms with Gasteiger partial charge in [0.05, 0.1) is 12.3 Å². The minimum atomic E-state index is -1.38. The number of hydrogen-bond acceptors (Lipinski definition) is 5. The highest BCUT2D eigenvalue weighted by Crippen LogP contribution is 2.20. The molecule has 0 aliphatic rings. The first-order chi connectivity index (χ1) is 9.70. The fourth-order valence-electron chi connectivity index (χ4n) is 1.63. The van der Waals surface area contributed by atoms with Crippen LogP contribution in [0.5, 0.6) is 0 Å². The summed E-state index contributed by atoms with van der Waals surface area (Å²) >= 11 is 0. The third-order valence-corrected chi connectivity index (χ3v) is 2.60. The summed E-state index contributed by atoms with van der Waals surface area (Å²) in [6.45, 7) is 5.30. The lowest BCUT2D eigenvalue weighted by Crippen LogP contribution is -2.34. The Balaban J connectivity index is 2.42. The van der Waals surface area contributed by atoms with Crippen LogP contribution in [0, 0.1) is 5.82 Å². The number of ether oxygens (including phenoxy) is 1. The summed E-state index contributed by atoms with van der Waals surface area (Å²) in [6, 6.07) is 1.30. The number of aliphatic hydroxyl groups is 2. The number of halogens is 1. The molecular weight excluding hydrogens is 279 g/mol. The van der Waals surface area contributed by atoms with Crippen LogP contribution in [0.2, 0.25) is 0 Å². The number of amides is 1. The Labute approximate surface area is 123 Å². The average Bonchev–Trinajstić information content (AvgIpc) is 2.36. The van der Waals surface area contributed by atoms with Gasteiger partial charge in [-0.05, 0) is 33.3 Å². The standard InChI is InChI=1S/C14H21FN2O4/c1-14(2,3)21-13(20)17-7-5-11(18)12(19)9-4-6-16-8-10(9)15/h4,6,8,11-12,18-19H,5,7H2,1-3H3,(H,17,20). The van der Waals surface area contributed by atoms with Crippen molar-refractivity contribution < 1.29 is 24.1 Å². The highest BCUT2D eigenvalue weighted by atomic mass is 19.1. The van der Waals surface area contributed by atoms with Crippen molar-refractivity contribution in [3.63, 3.8) is 0 Å². The van der Waals surface area contributed by atoms with Gasteiger partial charge in [-0.1, -0.05) is 0 Å². The second kappa shape index (κ2) is 7.33. The van der Waals surface area contributed by atoms with Gasteiger partial charge in [0.25, 0.3) is 0 Å². The molecule has 0 bridgehead atoms. The second-order valence-electron chi connectivity index (χ2n) is 5.63. The maximum absolute atomic E-state index is 13.4. The maximum Gasteiger partial charge on any atom is 0.407 e. The number of rotatable bonds is 5. The third-order valence-electron chi connectivity index (χ3n) is 2.60. The summed E-state index contributed by atoms with van der Waals surface area (Å²) in [6.07, 6.45) is -0.857. The normalized spacial score (nSPS) is 14.4. The van der Waals surface area contributed by atoms with Gasteiger partial charge in [0.15, 0.2) is 0 Å². The molecule has 0 fully saturated rings. The first-order valence-corrected chi connectivity index (χ1v) is 6.63. The highest BCUT2D eigenvalue weighted by Gasteiger charge is 2.22. The zero-order valence-corrected chi connectivity index (χ0v) is 12.3. The lowest BCUT2D eigenvalue weighted by molar-refractivity contribution is 0.0103. The molecule has 1 aromatic rings. The first-order valence-electron chi connectivity index (χ1n) is 6.63. The molecule has 6 nitrogen and oxygen atoms in total. The monoisotopic (exact) mass is 300 g/mol. The van der Waals surface area contributed by atoms with Crippen LogP contribution in [-0.2, 0) is 4.74 Å². The van der Waals surface area contributed by atoms with Crippen LogP contribution in [0.15, 0.2) is 18.5 Å². The molecule has 1 aromatic heterocycles. The Morgan fingerprint density at radius 1 is 1.48 bits per heavy atom. The van der Waals surface area contributed by atoms with Gasteiger partial charge >= 0.3 is 6.09 Å². The topological polar surface area (TPSA) is 91.7 Å². The second-order valence-corrected chi connectivity index (χ2v) is 5.63. The van der Waals surface area contributed by atoms with E-state index in [-0.39, 0.29) is 18.5 Å². The Morgan fingerprint density at radius 3 is 2.71 bits per heavy atom. The number of carbonyl (C=O) groups is 1. The molecule has 0 radical (unpaired) electrons. The van der Waals surface area contributed by atoms with Gasteiger partial charge in [-0.3, -0.25) is 4.98 Å². The van der Waals surface area contributed by atoms with Crippen molar-refractivity contribution in [2.75, 3.05) is 6.54 Å². The van der Waals surface area contributed by atoms with E-state index >= 15 is 0 Å². The van der Waals surface area contributed by atoms with E-state index in [1.54, 1.807) is 20.8 Å². The van der Waals surface area contributed by atoms with E-state index in [1.165, 1.54) is 12.3 Å². The number of pyridine rings is 1. The lowest BCUT2D eigenvalue weighted by Gasteiger charge is -2.21. The van der Waals surface area contributed by atoms with Gasteiger partial charge in [-0.2, -0.15) is 0 Å². The van der Waals surface area contributed by atoms with Gasteiger partial charge in [-0.25, -0.2) is 9.18 Å². The molecule has 1 amide bonds. The van der Waals surface area contributed by atoms with Crippen LogP contribution in [0.25, 0.3) is 0 Å². The van der Waals surface area contributed by atoms with Gasteiger partial charge in [0.2, 0.25) is 0 Å². The predicted molar refractivity (Wildman–Crippen MR) is 74.0 cm³/mol. The van der Waals surface area contributed by atoms with E-state index in [4.69, 9.17) is 4.74 Å². The Hall–Kier alpha value is -1.73. The molecule has 0 aliphatic carbocycles. The van der Waals surface area contributed by atoms with E-state index in [1.807, 2.05) is 0 Å². The molecule has 2 unspecified atom stereocenters. The molecule has 0 saturated heterocycles. The molecule has 21 heavy (non-hydrogen) atoms. The number of alkyl carbamates (subject to hydrolysis) is 1. The fourth-order valence-corrected chi connectivity index (χ4v) is 1.63. The minimum absolute atomic E-state index is 0.0326. The van der Waals surface area contributed by atoms with E-state index < -0.39 is 29.7 Å². The fraction of sp³-hybridized carbons (Fsp3) is 0.571. The van der Waals surface area contributed by atoms with Crippen LogP contribution in [-0.4, -0.2) is 39.5 Å². The number of nitrogens with one attached hydrogen (secondary N) is 1. The molecule has 118 valence electrons. The van der Waals surface area contributed by atoms with Crippen LogP contribution in [0.4, 0.5) is 9.18 Å². The highest BCUT2D eigenvalue weighted by molar-refractivity contribution is 5.67. The molecule has 2 atom stereocenters. The van der Waals surface area contributed by atoms with Gasteiger partial charge in [-0.15, -0.1) is 0 Å². The average molecular weight is 300 g/mol. The molecular formula is C14H21FN2O4. The van der Waals surface area contributed by atoms with Crippen molar-refractivity contribution in [2.45, 2.75) is 45.0 Å². The first kappa shape index (κ1) is 17.3. The number of aromatic nitrogens is 1. The van der Waals surface area contributed by atoms with Crippen molar-refractivity contribution >= 4 is 6.09 Å². The number of aliphatic hydroxyl groups excluding tert-OH is 2.